The molecule has 2 rings (SSSR count). The molecular formula is C13H14F3N3O. The van der Waals surface area contributed by atoms with Crippen LogP contribution in [0.3, 0.4) is 0 Å². The van der Waals surface area contributed by atoms with Crippen molar-refractivity contribution in [3.05, 3.63) is 47.4 Å². The molecular weight excluding hydrogens is 271 g/mol. The standard InChI is InChI=1S/C13H14F3N3O/c1-8(17-2)7-11-18-12(20-19-11)13(15,16)9-3-5-10(14)6-4-9/h3-6,8,17H,7H2,1-2H3. The topological polar surface area (TPSA) is 51.0 Å². The maximum Gasteiger partial charge on any atom is 0.350 e. The van der Waals surface area contributed by atoms with Crippen molar-refractivity contribution in [3.63, 3.8) is 0 Å². The largest absolute Gasteiger partial charge is 0.350 e. The molecule has 2 aromatic rings. The van der Waals surface area contributed by atoms with E-state index in [0.717, 1.165) is 24.3 Å². The van der Waals surface area contributed by atoms with Crippen molar-refractivity contribution in [2.45, 2.75) is 25.3 Å². The molecule has 0 bridgehead atoms. The molecule has 1 aromatic carbocycles. The highest BCUT2D eigenvalue weighted by molar-refractivity contribution is 5.25. The van der Waals surface area contributed by atoms with Gasteiger partial charge in [0.25, 0.3) is 0 Å². The van der Waals surface area contributed by atoms with E-state index in [1.165, 1.54) is 0 Å². The highest BCUT2D eigenvalue weighted by Crippen LogP contribution is 2.34. The van der Waals surface area contributed by atoms with Crippen LogP contribution < -0.4 is 5.32 Å². The number of nitrogens with one attached hydrogen (secondary N) is 1. The summed E-state index contributed by atoms with van der Waals surface area (Å²) in [5.74, 6) is -4.62. The summed E-state index contributed by atoms with van der Waals surface area (Å²) in [6, 6.07) is 3.96. The molecule has 0 saturated carbocycles. The van der Waals surface area contributed by atoms with Crippen LogP contribution in [0.4, 0.5) is 13.2 Å². The van der Waals surface area contributed by atoms with Crippen molar-refractivity contribution in [2.24, 2.45) is 0 Å². The highest BCUT2D eigenvalue weighted by atomic mass is 19.3. The van der Waals surface area contributed by atoms with Gasteiger partial charge in [0.15, 0.2) is 5.82 Å². The number of likely N-dealkylation sites (N-methyl/N-ethyl adjacent to an activating group) is 1. The number of halogens is 3. The first-order valence-electron chi connectivity index (χ1n) is 6.07. The molecule has 1 aromatic heterocycles. The second kappa shape index (κ2) is 5.62. The second-order valence-electron chi connectivity index (χ2n) is 4.49. The number of aromatic nitrogens is 2. The monoisotopic (exact) mass is 285 g/mol. The third kappa shape index (κ3) is 2.98. The zero-order valence-electron chi connectivity index (χ0n) is 11.0. The molecule has 1 unspecified atom stereocenters. The fraction of sp³-hybridized carbons (Fsp3) is 0.385. The molecule has 0 aliphatic heterocycles. The van der Waals surface area contributed by atoms with Gasteiger partial charge in [-0.3, -0.25) is 0 Å². The van der Waals surface area contributed by atoms with E-state index >= 15 is 0 Å². The van der Waals surface area contributed by atoms with Crippen molar-refractivity contribution < 1.29 is 17.7 Å². The van der Waals surface area contributed by atoms with Gasteiger partial charge in [0.1, 0.15) is 5.82 Å². The smallest absolute Gasteiger partial charge is 0.332 e. The van der Waals surface area contributed by atoms with Crippen LogP contribution in [0, 0.1) is 5.82 Å². The van der Waals surface area contributed by atoms with Crippen LogP contribution in [-0.2, 0) is 12.3 Å². The molecule has 1 atom stereocenters. The lowest BCUT2D eigenvalue weighted by molar-refractivity contribution is 0.00756. The molecule has 108 valence electrons. The van der Waals surface area contributed by atoms with Gasteiger partial charge in [-0.2, -0.15) is 13.8 Å². The minimum absolute atomic E-state index is 0.0416. The molecule has 4 nitrogen and oxygen atoms in total. The summed E-state index contributed by atoms with van der Waals surface area (Å²) in [5.41, 5.74) is -0.393. The Hall–Kier alpha value is -1.89. The van der Waals surface area contributed by atoms with E-state index in [4.69, 9.17) is 0 Å². The van der Waals surface area contributed by atoms with Crippen molar-refractivity contribution in [2.75, 3.05) is 7.05 Å². The Bertz CT molecular complexity index is 568. The third-order valence-electron chi connectivity index (χ3n) is 2.93. The second-order valence-corrected chi connectivity index (χ2v) is 4.49. The quantitative estimate of drug-likeness (QED) is 0.917. The summed E-state index contributed by atoms with van der Waals surface area (Å²) in [6.07, 6.45) is 0.375. The Balaban J connectivity index is 2.23. The van der Waals surface area contributed by atoms with Crippen LogP contribution in [0.25, 0.3) is 0 Å². The minimum Gasteiger partial charge on any atom is -0.332 e. The average molecular weight is 285 g/mol. The van der Waals surface area contributed by atoms with E-state index in [0.29, 0.717) is 6.42 Å². The molecule has 0 aliphatic carbocycles. The van der Waals surface area contributed by atoms with Crippen molar-refractivity contribution in [3.8, 4) is 0 Å². The lowest BCUT2D eigenvalue weighted by atomic mass is 10.1. The third-order valence-corrected chi connectivity index (χ3v) is 2.93. The fourth-order valence-electron chi connectivity index (χ4n) is 1.62. The van der Waals surface area contributed by atoms with Gasteiger partial charge in [-0.05, 0) is 38.2 Å². The van der Waals surface area contributed by atoms with Crippen LogP contribution in [0.1, 0.15) is 24.2 Å². The predicted molar refractivity (Wildman–Crippen MR) is 65.9 cm³/mol. The first kappa shape index (κ1) is 14.5. The summed E-state index contributed by atoms with van der Waals surface area (Å²) in [5, 5.41) is 6.48. The number of alkyl halides is 2. The van der Waals surface area contributed by atoms with Gasteiger partial charge in [-0.1, -0.05) is 5.16 Å². The van der Waals surface area contributed by atoms with E-state index in [1.807, 2.05) is 6.92 Å². The zero-order valence-corrected chi connectivity index (χ0v) is 11.0. The zero-order chi connectivity index (χ0) is 14.8. The van der Waals surface area contributed by atoms with Crippen LogP contribution >= 0.6 is 0 Å². The Morgan fingerprint density at radius 3 is 2.55 bits per heavy atom. The molecule has 1 N–H and O–H groups in total. The van der Waals surface area contributed by atoms with Gasteiger partial charge in [0.05, 0.1) is 0 Å². The predicted octanol–water partition coefficient (Wildman–Crippen LogP) is 2.50. The maximum absolute atomic E-state index is 14.1. The Morgan fingerprint density at radius 1 is 1.30 bits per heavy atom. The SMILES string of the molecule is CNC(C)Cc1noc(C(F)(F)c2ccc(F)cc2)n1. The molecule has 0 aliphatic rings. The minimum atomic E-state index is -3.44. The summed E-state index contributed by atoms with van der Waals surface area (Å²) in [7, 11) is 1.75. The lowest BCUT2D eigenvalue weighted by Gasteiger charge is -2.11. The van der Waals surface area contributed by atoms with E-state index in [-0.39, 0.29) is 11.9 Å². The molecule has 0 radical (unpaired) electrons. The van der Waals surface area contributed by atoms with Gasteiger partial charge in [-0.15, -0.1) is 0 Å². The van der Waals surface area contributed by atoms with Gasteiger partial charge >= 0.3 is 11.8 Å². The maximum atomic E-state index is 14.1. The van der Waals surface area contributed by atoms with Crippen LogP contribution in [-0.4, -0.2) is 23.2 Å². The summed E-state index contributed by atoms with van der Waals surface area (Å²) >= 11 is 0. The first-order chi connectivity index (χ1) is 9.43. The normalized spacial score (nSPS) is 13.4. The highest BCUT2D eigenvalue weighted by Gasteiger charge is 2.40. The number of nitrogens with zero attached hydrogens (tertiary/aromatic N) is 2. The van der Waals surface area contributed by atoms with E-state index in [2.05, 4.69) is 20.0 Å². The first-order valence-corrected chi connectivity index (χ1v) is 6.07. The van der Waals surface area contributed by atoms with E-state index in [9.17, 15) is 13.2 Å². The molecule has 0 amide bonds. The summed E-state index contributed by atoms with van der Waals surface area (Å²) < 4.78 is 45.6. The Kier molecular flexibility index (Phi) is 4.08. The van der Waals surface area contributed by atoms with Crippen molar-refractivity contribution >= 4 is 0 Å². The van der Waals surface area contributed by atoms with Crippen molar-refractivity contribution in [1.82, 2.24) is 15.5 Å². The molecule has 7 heteroatoms. The van der Waals surface area contributed by atoms with Crippen molar-refractivity contribution in [1.29, 1.82) is 0 Å². The van der Waals surface area contributed by atoms with Gasteiger partial charge < -0.3 is 9.84 Å². The molecule has 20 heavy (non-hydrogen) atoms. The summed E-state index contributed by atoms with van der Waals surface area (Å²) in [6.45, 7) is 1.87. The van der Waals surface area contributed by atoms with E-state index < -0.39 is 23.2 Å². The molecule has 0 fully saturated rings. The fourth-order valence-corrected chi connectivity index (χ4v) is 1.62. The molecule has 0 spiro atoms. The van der Waals surface area contributed by atoms with Gasteiger partial charge in [0.2, 0.25) is 0 Å². The average Bonchev–Trinajstić information content (AvgIpc) is 2.88. The summed E-state index contributed by atoms with van der Waals surface area (Å²) in [4.78, 5) is 3.71. The van der Waals surface area contributed by atoms with Gasteiger partial charge in [0, 0.05) is 18.0 Å². The van der Waals surface area contributed by atoms with Gasteiger partial charge in [-0.25, -0.2) is 4.39 Å². The Morgan fingerprint density at radius 2 is 1.95 bits per heavy atom. The van der Waals surface area contributed by atoms with Crippen LogP contribution in [0.15, 0.2) is 28.8 Å². The molecule has 1 heterocycles. The van der Waals surface area contributed by atoms with Crippen LogP contribution in [0.5, 0.6) is 0 Å². The number of hydrogen-bond acceptors (Lipinski definition) is 4. The van der Waals surface area contributed by atoms with E-state index in [1.54, 1.807) is 7.05 Å². The number of benzene rings is 1. The number of rotatable bonds is 5. The lowest BCUT2D eigenvalue weighted by Crippen LogP contribution is -2.24. The Labute approximate surface area is 114 Å². The van der Waals surface area contributed by atoms with Crippen LogP contribution in [0.2, 0.25) is 0 Å². The number of hydrogen-bond donors (Lipinski definition) is 1. The molecule has 0 saturated heterocycles.